The number of nitrogens with one attached hydrogen (secondary N) is 1. The van der Waals surface area contributed by atoms with Gasteiger partial charge in [-0.1, -0.05) is 48.5 Å². The molecule has 0 aliphatic heterocycles. The van der Waals surface area contributed by atoms with E-state index in [2.05, 4.69) is 4.72 Å². The van der Waals surface area contributed by atoms with Crippen LogP contribution in [0.15, 0.2) is 12.1 Å². The fourth-order valence-electron chi connectivity index (χ4n) is 3.67. The van der Waals surface area contributed by atoms with Crippen molar-refractivity contribution in [3.05, 3.63) is 28.8 Å². The first-order valence-corrected chi connectivity index (χ1v) is 13.5. The van der Waals surface area contributed by atoms with Crippen molar-refractivity contribution in [2.24, 2.45) is 0 Å². The molecule has 0 aromatic heterocycles. The van der Waals surface area contributed by atoms with E-state index in [-0.39, 0.29) is 24.2 Å². The standard InChI is InChI=1S/C26H45NO7S/c1-12-27-35(30,31)20(15-21(28)34-26(8,9)10)22(29)17-13-18(24(2,3)4)23(33-16-32-11)19(14-17)25(5,6)7/h13-14,20,22,27,29H,12,15-16H2,1-11H3. The number of methoxy groups -OCH3 is 1. The minimum atomic E-state index is -4.04. The van der Waals surface area contributed by atoms with E-state index in [9.17, 15) is 18.3 Å². The molecule has 2 atom stereocenters. The van der Waals surface area contributed by atoms with Crippen LogP contribution in [0, 0.1) is 0 Å². The van der Waals surface area contributed by atoms with Gasteiger partial charge in [0.05, 0.1) is 12.5 Å². The Bertz CT molecular complexity index is 932. The molecular formula is C26H45NO7S. The predicted molar refractivity (Wildman–Crippen MR) is 138 cm³/mol. The SMILES string of the molecule is CCNS(=O)(=O)C(CC(=O)OC(C)(C)C)C(O)c1cc(C(C)(C)C)c(OCOC)c(C(C)(C)C)c1. The maximum Gasteiger partial charge on any atom is 0.307 e. The maximum absolute atomic E-state index is 13.1. The zero-order chi connectivity index (χ0) is 27.4. The molecular weight excluding hydrogens is 470 g/mol. The molecule has 0 radical (unpaired) electrons. The van der Waals surface area contributed by atoms with Crippen LogP contribution in [0.1, 0.15) is 98.5 Å². The van der Waals surface area contributed by atoms with E-state index in [0.29, 0.717) is 11.3 Å². The van der Waals surface area contributed by atoms with E-state index in [1.807, 2.05) is 41.5 Å². The number of aliphatic hydroxyl groups is 1. The summed E-state index contributed by atoms with van der Waals surface area (Å²) in [4.78, 5) is 12.6. The third-order valence-electron chi connectivity index (χ3n) is 5.27. The first kappa shape index (κ1) is 31.4. The first-order valence-electron chi connectivity index (χ1n) is 11.9. The summed E-state index contributed by atoms with van der Waals surface area (Å²) in [7, 11) is -2.50. The van der Waals surface area contributed by atoms with E-state index < -0.39 is 39.4 Å². The van der Waals surface area contributed by atoms with Crippen LogP contribution in [-0.4, -0.2) is 50.8 Å². The summed E-state index contributed by atoms with van der Waals surface area (Å²) in [6.07, 6.45) is -1.98. The molecule has 1 aromatic rings. The fourth-order valence-corrected chi connectivity index (χ4v) is 5.14. The highest BCUT2D eigenvalue weighted by Gasteiger charge is 2.38. The van der Waals surface area contributed by atoms with Crippen LogP contribution < -0.4 is 9.46 Å². The summed E-state index contributed by atoms with van der Waals surface area (Å²) in [5.41, 5.74) is 0.425. The van der Waals surface area contributed by atoms with Gasteiger partial charge in [0, 0.05) is 24.8 Å². The van der Waals surface area contributed by atoms with Crippen molar-refractivity contribution in [1.29, 1.82) is 0 Å². The zero-order valence-electron chi connectivity index (χ0n) is 23.2. The summed E-state index contributed by atoms with van der Waals surface area (Å²) < 4.78 is 45.1. The monoisotopic (exact) mass is 515 g/mol. The van der Waals surface area contributed by atoms with Gasteiger partial charge >= 0.3 is 5.97 Å². The van der Waals surface area contributed by atoms with Gasteiger partial charge in [-0.25, -0.2) is 13.1 Å². The Labute approximate surface area is 211 Å². The number of aliphatic hydroxyl groups excluding tert-OH is 1. The molecule has 0 heterocycles. The largest absolute Gasteiger partial charge is 0.467 e. The van der Waals surface area contributed by atoms with Gasteiger partial charge in [-0.2, -0.15) is 0 Å². The summed E-state index contributed by atoms with van der Waals surface area (Å²) in [5, 5.41) is 10.0. The summed E-state index contributed by atoms with van der Waals surface area (Å²) >= 11 is 0. The van der Waals surface area contributed by atoms with Crippen molar-refractivity contribution in [3.63, 3.8) is 0 Å². The summed E-state index contributed by atoms with van der Waals surface area (Å²) in [6, 6.07) is 3.52. The Morgan fingerprint density at radius 2 is 1.49 bits per heavy atom. The van der Waals surface area contributed by atoms with Gasteiger partial charge in [-0.3, -0.25) is 4.79 Å². The topological polar surface area (TPSA) is 111 Å². The van der Waals surface area contributed by atoms with Crippen molar-refractivity contribution in [1.82, 2.24) is 4.72 Å². The van der Waals surface area contributed by atoms with E-state index in [0.717, 1.165) is 11.1 Å². The molecule has 2 unspecified atom stereocenters. The minimum Gasteiger partial charge on any atom is -0.467 e. The molecule has 0 bridgehead atoms. The van der Waals surface area contributed by atoms with Gasteiger partial charge in [0.15, 0.2) is 6.79 Å². The van der Waals surface area contributed by atoms with Crippen molar-refractivity contribution in [3.8, 4) is 5.75 Å². The van der Waals surface area contributed by atoms with Gasteiger partial charge in [-0.15, -0.1) is 0 Å². The molecule has 9 heteroatoms. The second kappa shape index (κ2) is 11.6. The van der Waals surface area contributed by atoms with E-state index in [4.69, 9.17) is 14.2 Å². The number of benzene rings is 1. The van der Waals surface area contributed by atoms with Crippen LogP contribution in [0.4, 0.5) is 0 Å². The molecule has 0 aliphatic rings. The second-order valence-electron chi connectivity index (χ2n) is 11.8. The first-order chi connectivity index (χ1) is 15.7. The lowest BCUT2D eigenvalue weighted by molar-refractivity contribution is -0.155. The molecule has 0 spiro atoms. The van der Waals surface area contributed by atoms with Crippen molar-refractivity contribution in [2.45, 2.75) is 103 Å². The highest BCUT2D eigenvalue weighted by atomic mass is 32.2. The highest BCUT2D eigenvalue weighted by Crippen LogP contribution is 2.42. The Morgan fingerprint density at radius 3 is 1.86 bits per heavy atom. The van der Waals surface area contributed by atoms with Gasteiger partial charge in [0.2, 0.25) is 10.0 Å². The van der Waals surface area contributed by atoms with Crippen LogP contribution in [0.5, 0.6) is 5.75 Å². The Morgan fingerprint density at radius 1 is 1.00 bits per heavy atom. The predicted octanol–water partition coefficient (Wildman–Crippen LogP) is 4.34. The highest BCUT2D eigenvalue weighted by molar-refractivity contribution is 7.90. The van der Waals surface area contributed by atoms with Crippen LogP contribution >= 0.6 is 0 Å². The number of ether oxygens (including phenoxy) is 3. The van der Waals surface area contributed by atoms with E-state index in [1.165, 1.54) is 0 Å². The number of hydrogen-bond donors (Lipinski definition) is 2. The zero-order valence-corrected chi connectivity index (χ0v) is 24.1. The quantitative estimate of drug-likeness (QED) is 0.352. The molecule has 35 heavy (non-hydrogen) atoms. The average molecular weight is 516 g/mol. The third kappa shape index (κ3) is 9.04. The summed E-state index contributed by atoms with van der Waals surface area (Å²) in [6.45, 7) is 19.0. The normalized spacial score (nSPS) is 15.0. The average Bonchev–Trinajstić information content (AvgIpc) is 2.66. The Kier molecular flexibility index (Phi) is 10.4. The number of carbonyl (C=O) groups is 1. The third-order valence-corrected chi connectivity index (χ3v) is 7.19. The molecule has 0 fully saturated rings. The van der Waals surface area contributed by atoms with E-state index >= 15 is 0 Å². The molecule has 1 rings (SSSR count). The van der Waals surface area contributed by atoms with Crippen molar-refractivity contribution < 1.29 is 32.5 Å². The van der Waals surface area contributed by atoms with Gasteiger partial charge < -0.3 is 19.3 Å². The van der Waals surface area contributed by atoms with Crippen LogP contribution in [0.3, 0.4) is 0 Å². The van der Waals surface area contributed by atoms with Gasteiger partial charge in [0.25, 0.3) is 0 Å². The lowest BCUT2D eigenvalue weighted by Crippen LogP contribution is -2.41. The van der Waals surface area contributed by atoms with Crippen molar-refractivity contribution >= 4 is 16.0 Å². The van der Waals surface area contributed by atoms with Gasteiger partial charge in [0.1, 0.15) is 16.6 Å². The maximum atomic E-state index is 13.1. The number of esters is 1. The van der Waals surface area contributed by atoms with E-state index in [1.54, 1.807) is 46.9 Å². The van der Waals surface area contributed by atoms with Crippen molar-refractivity contribution in [2.75, 3.05) is 20.4 Å². The van der Waals surface area contributed by atoms with Crippen LogP contribution in [0.25, 0.3) is 0 Å². The fraction of sp³-hybridized carbons (Fsp3) is 0.731. The Balaban J connectivity index is 3.75. The number of rotatable bonds is 10. The summed E-state index contributed by atoms with van der Waals surface area (Å²) in [5.74, 6) is -0.0591. The molecule has 0 amide bonds. The minimum absolute atomic E-state index is 0.0458. The van der Waals surface area contributed by atoms with Crippen LogP contribution in [0.2, 0.25) is 0 Å². The van der Waals surface area contributed by atoms with Gasteiger partial charge in [-0.05, 0) is 49.3 Å². The molecule has 8 nitrogen and oxygen atoms in total. The lowest BCUT2D eigenvalue weighted by atomic mass is 9.77. The molecule has 2 N–H and O–H groups in total. The number of sulfonamides is 1. The number of hydrogen-bond acceptors (Lipinski definition) is 7. The molecule has 0 saturated heterocycles. The molecule has 0 aliphatic carbocycles. The Hall–Kier alpha value is -1.68. The lowest BCUT2D eigenvalue weighted by Gasteiger charge is -2.32. The molecule has 0 saturated carbocycles. The molecule has 202 valence electrons. The number of carbonyl (C=O) groups excluding carboxylic acids is 1. The smallest absolute Gasteiger partial charge is 0.307 e. The van der Waals surface area contributed by atoms with Crippen LogP contribution in [-0.2, 0) is 35.1 Å². The molecule has 1 aromatic carbocycles. The second-order valence-corrected chi connectivity index (χ2v) is 13.8.